The summed E-state index contributed by atoms with van der Waals surface area (Å²) in [7, 11) is 1.59. The smallest absolute Gasteiger partial charge is 0.496 e. The normalized spacial score (nSPS) is 11.0. The van der Waals surface area contributed by atoms with Crippen LogP contribution in [-0.4, -0.2) is 43.4 Å². The first-order valence-electron chi connectivity index (χ1n) is 10.3. The Balaban J connectivity index is 1.38. The molecule has 1 aromatic heterocycles. The van der Waals surface area contributed by atoms with Crippen LogP contribution in [0.4, 0.5) is 13.2 Å². The zero-order valence-corrected chi connectivity index (χ0v) is 19.4. The fraction of sp³-hybridized carbons (Fsp3) is 0.261. The van der Waals surface area contributed by atoms with Crippen LogP contribution in [0.5, 0.6) is 17.2 Å². The van der Waals surface area contributed by atoms with Gasteiger partial charge in [-0.3, -0.25) is 9.59 Å². The predicted octanol–water partition coefficient (Wildman–Crippen LogP) is 3.72. The van der Waals surface area contributed by atoms with Crippen molar-refractivity contribution in [3.63, 3.8) is 0 Å². The third kappa shape index (κ3) is 8.49. The number of amides is 2. The Labute approximate surface area is 203 Å². The lowest BCUT2D eigenvalue weighted by molar-refractivity contribution is -0.274. The molecule has 0 aliphatic rings. The van der Waals surface area contributed by atoms with E-state index in [0.717, 1.165) is 23.4 Å². The highest BCUT2D eigenvalue weighted by atomic mass is 32.1. The van der Waals surface area contributed by atoms with E-state index in [9.17, 15) is 22.8 Å². The molecule has 186 valence electrons. The monoisotopic (exact) mass is 509 g/mol. The number of carbonyl (C=O) groups excluding carboxylic acids is 2. The third-order valence-corrected chi connectivity index (χ3v) is 5.37. The summed E-state index contributed by atoms with van der Waals surface area (Å²) in [5.41, 5.74) is 1.22. The van der Waals surface area contributed by atoms with Crippen LogP contribution in [0.25, 0.3) is 0 Å². The van der Waals surface area contributed by atoms with Crippen molar-refractivity contribution in [2.75, 3.05) is 20.3 Å². The molecule has 12 heteroatoms. The fourth-order valence-corrected chi connectivity index (χ4v) is 3.63. The summed E-state index contributed by atoms with van der Waals surface area (Å²) in [4.78, 5) is 28.5. The summed E-state index contributed by atoms with van der Waals surface area (Å²) in [5, 5.41) is 7.54. The molecular formula is C23H22F3N3O5S. The number of methoxy groups -OCH3 is 1. The summed E-state index contributed by atoms with van der Waals surface area (Å²) >= 11 is 1.22. The molecule has 0 saturated heterocycles. The number of carbonyl (C=O) groups is 2. The van der Waals surface area contributed by atoms with Crippen molar-refractivity contribution in [2.24, 2.45) is 0 Å². The maximum absolute atomic E-state index is 12.3. The number of alkyl halides is 3. The van der Waals surface area contributed by atoms with E-state index in [1.807, 2.05) is 24.3 Å². The number of nitrogens with one attached hydrogen (secondary N) is 2. The Kier molecular flexibility index (Phi) is 8.90. The molecule has 0 saturated carbocycles. The van der Waals surface area contributed by atoms with Crippen LogP contribution in [0.1, 0.15) is 21.1 Å². The first-order valence-corrected chi connectivity index (χ1v) is 11.2. The summed E-state index contributed by atoms with van der Waals surface area (Å²) in [6.07, 6.45) is -4.18. The molecule has 0 atom stereocenters. The number of nitrogens with zero attached hydrogens (tertiary/aromatic N) is 1. The number of aromatic nitrogens is 1. The molecule has 3 rings (SSSR count). The quantitative estimate of drug-likeness (QED) is 0.409. The van der Waals surface area contributed by atoms with E-state index in [1.54, 1.807) is 12.5 Å². The molecule has 0 unspecified atom stereocenters. The fourth-order valence-electron chi connectivity index (χ4n) is 2.92. The second-order valence-corrected chi connectivity index (χ2v) is 7.97. The van der Waals surface area contributed by atoms with Crippen LogP contribution in [0.3, 0.4) is 0 Å². The molecule has 1 heterocycles. The van der Waals surface area contributed by atoms with Gasteiger partial charge in [-0.2, -0.15) is 0 Å². The highest BCUT2D eigenvalue weighted by Crippen LogP contribution is 2.24. The molecule has 35 heavy (non-hydrogen) atoms. The van der Waals surface area contributed by atoms with Gasteiger partial charge in [-0.1, -0.05) is 18.2 Å². The van der Waals surface area contributed by atoms with Crippen molar-refractivity contribution >= 4 is 23.2 Å². The van der Waals surface area contributed by atoms with E-state index in [1.165, 1.54) is 23.5 Å². The minimum absolute atomic E-state index is 0.0969. The topological polar surface area (TPSA) is 98.8 Å². The predicted molar refractivity (Wildman–Crippen MR) is 122 cm³/mol. The highest BCUT2D eigenvalue weighted by molar-refractivity contribution is 7.09. The van der Waals surface area contributed by atoms with Gasteiger partial charge in [0.15, 0.2) is 6.61 Å². The second-order valence-electron chi connectivity index (χ2n) is 7.03. The minimum atomic E-state index is -4.78. The SMILES string of the molecule is COc1ccccc1CCNC(=O)c1csc(CNC(=O)COc2ccc(OC(F)(F)F)cc2)n1. The minimum Gasteiger partial charge on any atom is -0.496 e. The Morgan fingerprint density at radius 3 is 2.46 bits per heavy atom. The van der Waals surface area contributed by atoms with Crippen LogP contribution < -0.4 is 24.8 Å². The lowest BCUT2D eigenvalue weighted by Gasteiger charge is -2.10. The maximum Gasteiger partial charge on any atom is 0.573 e. The van der Waals surface area contributed by atoms with Crippen molar-refractivity contribution in [2.45, 2.75) is 19.3 Å². The van der Waals surface area contributed by atoms with Gasteiger partial charge < -0.3 is 24.8 Å². The van der Waals surface area contributed by atoms with Crippen LogP contribution in [0.15, 0.2) is 53.9 Å². The lowest BCUT2D eigenvalue weighted by atomic mass is 10.1. The van der Waals surface area contributed by atoms with E-state index in [2.05, 4.69) is 20.4 Å². The zero-order chi connectivity index (χ0) is 25.3. The number of hydrogen-bond acceptors (Lipinski definition) is 7. The van der Waals surface area contributed by atoms with Gasteiger partial charge in [-0.15, -0.1) is 24.5 Å². The standard InChI is InChI=1S/C23H22F3N3O5S/c1-32-19-5-3-2-4-15(19)10-11-27-22(31)18-14-35-21(29-18)12-28-20(30)13-33-16-6-8-17(9-7-16)34-23(24,25)26/h2-9,14H,10-13H2,1H3,(H,27,31)(H,28,30). The van der Waals surface area contributed by atoms with Gasteiger partial charge in [-0.25, -0.2) is 4.98 Å². The molecule has 8 nitrogen and oxygen atoms in total. The van der Waals surface area contributed by atoms with Crippen LogP contribution in [-0.2, 0) is 17.8 Å². The van der Waals surface area contributed by atoms with E-state index < -0.39 is 18.0 Å². The van der Waals surface area contributed by atoms with E-state index >= 15 is 0 Å². The van der Waals surface area contributed by atoms with Crippen LogP contribution >= 0.6 is 11.3 Å². The summed E-state index contributed by atoms with van der Waals surface area (Å²) < 4.78 is 50.8. The number of ether oxygens (including phenoxy) is 3. The third-order valence-electron chi connectivity index (χ3n) is 4.52. The van der Waals surface area contributed by atoms with Gasteiger partial charge in [0.2, 0.25) is 0 Å². The summed E-state index contributed by atoms with van der Waals surface area (Å²) in [6.45, 7) is 0.157. The van der Waals surface area contributed by atoms with E-state index in [-0.39, 0.29) is 30.5 Å². The van der Waals surface area contributed by atoms with Gasteiger partial charge in [0, 0.05) is 11.9 Å². The average molecular weight is 510 g/mol. The molecule has 0 spiro atoms. The molecule has 0 radical (unpaired) electrons. The zero-order valence-electron chi connectivity index (χ0n) is 18.6. The van der Waals surface area contributed by atoms with Crippen LogP contribution in [0, 0.1) is 0 Å². The summed E-state index contributed by atoms with van der Waals surface area (Å²) in [5.74, 6) is -0.216. The maximum atomic E-state index is 12.3. The van der Waals surface area contributed by atoms with Crippen molar-refractivity contribution < 1.29 is 37.0 Å². The van der Waals surface area contributed by atoms with Crippen molar-refractivity contribution in [3.8, 4) is 17.2 Å². The summed E-state index contributed by atoms with van der Waals surface area (Å²) in [6, 6.07) is 12.2. The molecule has 0 bridgehead atoms. The Morgan fingerprint density at radius 2 is 1.74 bits per heavy atom. The molecule has 2 N–H and O–H groups in total. The van der Waals surface area contributed by atoms with Crippen molar-refractivity contribution in [1.82, 2.24) is 15.6 Å². The number of thiazole rings is 1. The number of hydrogen-bond donors (Lipinski definition) is 2. The first-order chi connectivity index (χ1) is 16.7. The Bertz CT molecular complexity index is 1140. The van der Waals surface area contributed by atoms with Gasteiger partial charge in [0.1, 0.15) is 28.0 Å². The molecule has 0 aliphatic carbocycles. The van der Waals surface area contributed by atoms with Gasteiger partial charge in [-0.05, 0) is 42.3 Å². The Hall–Kier alpha value is -3.80. The largest absolute Gasteiger partial charge is 0.573 e. The number of para-hydroxylation sites is 1. The number of rotatable bonds is 11. The number of benzene rings is 2. The average Bonchev–Trinajstić information content (AvgIpc) is 3.31. The van der Waals surface area contributed by atoms with Gasteiger partial charge in [0.05, 0.1) is 13.7 Å². The second kappa shape index (κ2) is 12.1. The van der Waals surface area contributed by atoms with E-state index in [0.29, 0.717) is 18.0 Å². The lowest BCUT2D eigenvalue weighted by Crippen LogP contribution is -2.28. The molecule has 2 aromatic carbocycles. The highest BCUT2D eigenvalue weighted by Gasteiger charge is 2.31. The Morgan fingerprint density at radius 1 is 1.03 bits per heavy atom. The van der Waals surface area contributed by atoms with Gasteiger partial charge >= 0.3 is 6.36 Å². The first kappa shape index (κ1) is 25.8. The molecule has 0 fully saturated rings. The molecule has 3 aromatic rings. The van der Waals surface area contributed by atoms with Crippen LogP contribution in [0.2, 0.25) is 0 Å². The van der Waals surface area contributed by atoms with Crippen molar-refractivity contribution in [3.05, 3.63) is 70.2 Å². The van der Waals surface area contributed by atoms with Crippen molar-refractivity contribution in [1.29, 1.82) is 0 Å². The van der Waals surface area contributed by atoms with Gasteiger partial charge in [0.25, 0.3) is 11.8 Å². The molecule has 0 aliphatic heterocycles. The molecule has 2 amide bonds. The number of halogens is 3. The van der Waals surface area contributed by atoms with E-state index in [4.69, 9.17) is 9.47 Å². The molecular weight excluding hydrogens is 487 g/mol.